The summed E-state index contributed by atoms with van der Waals surface area (Å²) in [7, 11) is 0. The summed E-state index contributed by atoms with van der Waals surface area (Å²) < 4.78 is 0. The van der Waals surface area contributed by atoms with Gasteiger partial charge in [-0.1, -0.05) is 32.0 Å². The van der Waals surface area contributed by atoms with Crippen LogP contribution in [0, 0.1) is 23.7 Å². The van der Waals surface area contributed by atoms with Crippen molar-refractivity contribution >= 4 is 17.5 Å². The van der Waals surface area contributed by atoms with Crippen LogP contribution in [0.15, 0.2) is 18.2 Å². The van der Waals surface area contributed by atoms with Crippen LogP contribution in [0.2, 0.25) is 0 Å². The van der Waals surface area contributed by atoms with Gasteiger partial charge in [0, 0.05) is 0 Å². The van der Waals surface area contributed by atoms with Crippen molar-refractivity contribution in [3.05, 3.63) is 29.3 Å². The molecule has 1 aliphatic heterocycles. The molecule has 3 heteroatoms. The Bertz CT molecular complexity index is 601. The first-order valence-electron chi connectivity index (χ1n) is 8.65. The average Bonchev–Trinajstić information content (AvgIpc) is 3.21. The van der Waals surface area contributed by atoms with Gasteiger partial charge < -0.3 is 0 Å². The maximum absolute atomic E-state index is 13.0. The van der Waals surface area contributed by atoms with E-state index in [9.17, 15) is 9.59 Å². The summed E-state index contributed by atoms with van der Waals surface area (Å²) in [6.07, 6.45) is 5.06. The van der Waals surface area contributed by atoms with Crippen LogP contribution < -0.4 is 4.90 Å². The van der Waals surface area contributed by atoms with Crippen molar-refractivity contribution in [1.82, 2.24) is 0 Å². The first kappa shape index (κ1) is 14.0. The molecule has 22 heavy (non-hydrogen) atoms. The van der Waals surface area contributed by atoms with Crippen LogP contribution in [0.1, 0.15) is 44.2 Å². The molecule has 3 aliphatic rings. The van der Waals surface area contributed by atoms with E-state index in [4.69, 9.17) is 0 Å². The van der Waals surface area contributed by atoms with E-state index in [2.05, 4.69) is 26.0 Å². The number of aryl methyl sites for hydroxylation is 2. The van der Waals surface area contributed by atoms with Crippen LogP contribution in [0.5, 0.6) is 0 Å². The SMILES string of the molecule is CCc1cccc(CC)c1N1C(=O)[C@@H]2[C@H]3CC[C@H](C3)[C@@H]2C1=O. The number of benzene rings is 1. The van der Waals surface area contributed by atoms with Crippen LogP contribution in [-0.2, 0) is 22.4 Å². The number of fused-ring (bicyclic) bond motifs is 5. The second-order valence-corrected chi connectivity index (χ2v) is 7.03. The van der Waals surface area contributed by atoms with Crippen molar-refractivity contribution in [2.75, 3.05) is 4.90 Å². The summed E-state index contributed by atoms with van der Waals surface area (Å²) in [4.78, 5) is 27.6. The number of para-hydroxylation sites is 1. The zero-order valence-electron chi connectivity index (χ0n) is 13.3. The lowest BCUT2D eigenvalue weighted by Gasteiger charge is -2.23. The van der Waals surface area contributed by atoms with Crippen LogP contribution >= 0.6 is 0 Å². The quantitative estimate of drug-likeness (QED) is 0.802. The summed E-state index contributed by atoms with van der Waals surface area (Å²) in [6.45, 7) is 4.18. The van der Waals surface area contributed by atoms with Crippen molar-refractivity contribution in [3.63, 3.8) is 0 Å². The van der Waals surface area contributed by atoms with E-state index in [1.54, 1.807) is 4.90 Å². The van der Waals surface area contributed by atoms with E-state index >= 15 is 0 Å². The highest BCUT2D eigenvalue weighted by atomic mass is 16.2. The summed E-state index contributed by atoms with van der Waals surface area (Å²) in [6, 6.07) is 6.15. The summed E-state index contributed by atoms with van der Waals surface area (Å²) in [5.74, 6) is 1.02. The molecule has 0 unspecified atom stereocenters. The van der Waals surface area contributed by atoms with Crippen molar-refractivity contribution in [2.45, 2.75) is 46.0 Å². The Morgan fingerprint density at radius 2 is 1.45 bits per heavy atom. The highest BCUT2D eigenvalue weighted by Crippen LogP contribution is 2.57. The van der Waals surface area contributed by atoms with Crippen LogP contribution in [0.25, 0.3) is 0 Å². The number of rotatable bonds is 3. The van der Waals surface area contributed by atoms with Gasteiger partial charge in [-0.2, -0.15) is 0 Å². The molecule has 2 amide bonds. The third kappa shape index (κ3) is 1.68. The molecule has 2 saturated carbocycles. The summed E-state index contributed by atoms with van der Waals surface area (Å²) in [5, 5.41) is 0. The first-order chi connectivity index (χ1) is 10.7. The molecule has 3 nitrogen and oxygen atoms in total. The number of anilines is 1. The lowest BCUT2D eigenvalue weighted by Crippen LogP contribution is -2.34. The van der Waals surface area contributed by atoms with Crippen LogP contribution in [0.4, 0.5) is 5.69 Å². The van der Waals surface area contributed by atoms with E-state index in [1.165, 1.54) is 0 Å². The van der Waals surface area contributed by atoms with E-state index < -0.39 is 0 Å². The fourth-order valence-electron chi connectivity index (χ4n) is 5.13. The molecule has 4 atom stereocenters. The fraction of sp³-hybridized carbons (Fsp3) is 0.579. The molecule has 2 bridgehead atoms. The Labute approximate surface area is 131 Å². The minimum absolute atomic E-state index is 0.0270. The monoisotopic (exact) mass is 297 g/mol. The van der Waals surface area contributed by atoms with Gasteiger partial charge in [-0.05, 0) is 55.1 Å². The van der Waals surface area contributed by atoms with Crippen LogP contribution in [0.3, 0.4) is 0 Å². The molecule has 0 N–H and O–H groups in total. The third-order valence-electron chi connectivity index (χ3n) is 6.12. The topological polar surface area (TPSA) is 37.4 Å². The van der Waals surface area contributed by atoms with E-state index in [0.717, 1.165) is 48.9 Å². The molecular weight excluding hydrogens is 274 g/mol. The molecule has 0 spiro atoms. The third-order valence-corrected chi connectivity index (χ3v) is 6.12. The maximum Gasteiger partial charge on any atom is 0.237 e. The predicted molar refractivity (Wildman–Crippen MR) is 85.5 cm³/mol. The van der Waals surface area contributed by atoms with E-state index in [-0.39, 0.29) is 23.7 Å². The van der Waals surface area contributed by atoms with Gasteiger partial charge in [-0.15, -0.1) is 0 Å². The molecule has 3 fully saturated rings. The number of nitrogens with zero attached hydrogens (tertiary/aromatic N) is 1. The maximum atomic E-state index is 13.0. The second-order valence-electron chi connectivity index (χ2n) is 7.03. The summed E-state index contributed by atoms with van der Waals surface area (Å²) in [5.41, 5.74) is 3.14. The Morgan fingerprint density at radius 3 is 1.91 bits per heavy atom. The van der Waals surface area contributed by atoms with E-state index in [0.29, 0.717) is 11.8 Å². The number of imide groups is 1. The second kappa shape index (κ2) is 4.94. The van der Waals surface area contributed by atoms with Crippen LogP contribution in [-0.4, -0.2) is 11.8 Å². The fourth-order valence-corrected chi connectivity index (χ4v) is 5.13. The zero-order valence-corrected chi connectivity index (χ0v) is 13.3. The lowest BCUT2D eigenvalue weighted by atomic mass is 9.81. The van der Waals surface area contributed by atoms with E-state index in [1.807, 2.05) is 6.07 Å². The molecule has 0 radical (unpaired) electrons. The number of carbonyl (C=O) groups excluding carboxylic acids is 2. The molecule has 1 heterocycles. The Balaban J connectivity index is 1.81. The van der Waals surface area contributed by atoms with Gasteiger partial charge in [-0.25, -0.2) is 4.90 Å². The van der Waals surface area contributed by atoms with Gasteiger partial charge in [-0.3, -0.25) is 9.59 Å². The Morgan fingerprint density at radius 1 is 0.955 bits per heavy atom. The van der Waals surface area contributed by atoms with Crippen molar-refractivity contribution < 1.29 is 9.59 Å². The standard InChI is InChI=1S/C19H23NO2/c1-3-11-6-5-7-12(4-2)17(11)20-18(21)15-13-8-9-14(10-13)16(15)19(20)22/h5-7,13-16H,3-4,8-10H2,1-2H3/t13-,14+,15+,16-. The molecule has 1 aromatic rings. The molecule has 2 aliphatic carbocycles. The Hall–Kier alpha value is -1.64. The number of amides is 2. The first-order valence-corrected chi connectivity index (χ1v) is 8.65. The summed E-state index contributed by atoms with van der Waals surface area (Å²) >= 11 is 0. The van der Waals surface area contributed by atoms with Gasteiger partial charge in [0.05, 0.1) is 17.5 Å². The minimum Gasteiger partial charge on any atom is -0.274 e. The van der Waals surface area contributed by atoms with Gasteiger partial charge in [0.1, 0.15) is 0 Å². The highest BCUT2D eigenvalue weighted by molar-refractivity contribution is 6.23. The normalized spacial score (nSPS) is 32.9. The zero-order chi connectivity index (χ0) is 15.4. The number of carbonyl (C=O) groups is 2. The van der Waals surface area contributed by atoms with Crippen molar-refractivity contribution in [3.8, 4) is 0 Å². The predicted octanol–water partition coefficient (Wildman–Crippen LogP) is 3.35. The lowest BCUT2D eigenvalue weighted by molar-refractivity contribution is -0.123. The number of hydrogen-bond acceptors (Lipinski definition) is 2. The van der Waals surface area contributed by atoms with Gasteiger partial charge >= 0.3 is 0 Å². The van der Waals surface area contributed by atoms with Gasteiger partial charge in [0.15, 0.2) is 0 Å². The average molecular weight is 297 g/mol. The molecule has 116 valence electrons. The molecule has 1 aromatic carbocycles. The molecule has 0 aromatic heterocycles. The Kier molecular flexibility index (Phi) is 3.14. The molecule has 1 saturated heterocycles. The van der Waals surface area contributed by atoms with Gasteiger partial charge in [0.25, 0.3) is 0 Å². The van der Waals surface area contributed by atoms with Crippen molar-refractivity contribution in [1.29, 1.82) is 0 Å². The smallest absolute Gasteiger partial charge is 0.237 e. The minimum atomic E-state index is -0.0270. The largest absolute Gasteiger partial charge is 0.274 e. The van der Waals surface area contributed by atoms with Gasteiger partial charge in [0.2, 0.25) is 11.8 Å². The molecular formula is C19H23NO2. The highest BCUT2D eigenvalue weighted by Gasteiger charge is 2.61. The van der Waals surface area contributed by atoms with Crippen molar-refractivity contribution in [2.24, 2.45) is 23.7 Å². The molecule has 4 rings (SSSR count). The number of hydrogen-bond donors (Lipinski definition) is 0.